The number of alkyl halides is 3. The summed E-state index contributed by atoms with van der Waals surface area (Å²) in [5.74, 6) is 5.18. The van der Waals surface area contributed by atoms with Crippen LogP contribution in [0.15, 0.2) is 35.0 Å². The van der Waals surface area contributed by atoms with E-state index in [1.807, 2.05) is 31.2 Å². The molecule has 0 aliphatic heterocycles. The predicted octanol–water partition coefficient (Wildman–Crippen LogP) is 3.78. The third-order valence-electron chi connectivity index (χ3n) is 2.27. The van der Waals surface area contributed by atoms with Crippen molar-refractivity contribution in [3.8, 4) is 0 Å². The molecule has 22 heavy (non-hydrogen) atoms. The second-order valence-corrected chi connectivity index (χ2v) is 4.99. The summed E-state index contributed by atoms with van der Waals surface area (Å²) >= 11 is 5.87. The molecule has 0 aromatic heterocycles. The van der Waals surface area contributed by atoms with Gasteiger partial charge >= 0.3 is 6.18 Å². The van der Waals surface area contributed by atoms with E-state index >= 15 is 0 Å². The number of amides is 1. The summed E-state index contributed by atoms with van der Waals surface area (Å²) in [5.41, 5.74) is 2.23. The first-order valence-electron chi connectivity index (χ1n) is 6.21. The zero-order valence-corrected chi connectivity index (χ0v) is 13.5. The van der Waals surface area contributed by atoms with Gasteiger partial charge < -0.3 is 10.3 Å². The van der Waals surface area contributed by atoms with E-state index in [0.717, 1.165) is 11.3 Å². The summed E-state index contributed by atoms with van der Waals surface area (Å²) in [4.78, 5) is 11.8. The van der Waals surface area contributed by atoms with Crippen LogP contribution in [0.4, 0.5) is 18.9 Å². The lowest BCUT2D eigenvalue weighted by atomic mass is 10.2. The number of rotatable bonds is 3. The van der Waals surface area contributed by atoms with Gasteiger partial charge in [0, 0.05) is 19.7 Å². The average molecular weight is 338 g/mol. The summed E-state index contributed by atoms with van der Waals surface area (Å²) < 4.78 is 31.1. The van der Waals surface area contributed by atoms with E-state index < -0.39 is 6.18 Å². The molecule has 0 spiro atoms. The fourth-order valence-corrected chi connectivity index (χ4v) is 1.31. The van der Waals surface area contributed by atoms with Gasteiger partial charge in [-0.2, -0.15) is 13.2 Å². The van der Waals surface area contributed by atoms with Crippen LogP contribution in [-0.2, 0) is 4.79 Å². The van der Waals surface area contributed by atoms with Gasteiger partial charge in [0.25, 0.3) is 5.91 Å². The monoisotopic (exact) mass is 337 g/mol. The minimum Gasteiger partial charge on any atom is -0.322 e. The third-order valence-corrected chi connectivity index (χ3v) is 2.82. The number of carbonyl (C=O) groups excluding carboxylic acids is 1. The molecule has 0 aliphatic carbocycles. The third kappa shape index (κ3) is 9.25. The Labute approximate surface area is 132 Å². The molecule has 0 aliphatic rings. The molecular formula is C14H19ClF3N3O. The number of hydrogen-bond acceptors (Lipinski definition) is 3. The number of halogens is 4. The first kappa shape index (κ1) is 20.3. The maximum atomic E-state index is 11.8. The minimum absolute atomic E-state index is 0.188. The number of anilines is 1. The van der Waals surface area contributed by atoms with Crippen molar-refractivity contribution in [2.75, 3.05) is 12.4 Å². The maximum absolute atomic E-state index is 11.8. The molecule has 8 heteroatoms. The SMILES string of the molecule is C/C(C(=O)Nc1ccc(C)cc1)=C(/Cl)N(C)N.CC(F)(F)F. The number of hydrogen-bond donors (Lipinski definition) is 2. The van der Waals surface area contributed by atoms with Crippen LogP contribution in [0.25, 0.3) is 0 Å². The van der Waals surface area contributed by atoms with Crippen molar-refractivity contribution in [1.29, 1.82) is 0 Å². The number of nitrogens with zero attached hydrogens (tertiary/aromatic N) is 1. The summed E-state index contributed by atoms with van der Waals surface area (Å²) in [7, 11) is 1.57. The quantitative estimate of drug-likeness (QED) is 0.382. The molecular weight excluding hydrogens is 319 g/mol. The molecule has 0 fully saturated rings. The fraction of sp³-hybridized carbons (Fsp3) is 0.357. The lowest BCUT2D eigenvalue weighted by Crippen LogP contribution is -2.26. The van der Waals surface area contributed by atoms with Gasteiger partial charge in [-0.3, -0.25) is 4.79 Å². The van der Waals surface area contributed by atoms with Crippen molar-refractivity contribution < 1.29 is 18.0 Å². The molecule has 1 amide bonds. The molecule has 0 unspecified atom stereocenters. The van der Waals surface area contributed by atoms with Gasteiger partial charge in [-0.05, 0) is 26.0 Å². The Morgan fingerprint density at radius 3 is 2.05 bits per heavy atom. The number of hydrazine groups is 1. The summed E-state index contributed by atoms with van der Waals surface area (Å²) in [5, 5.41) is 4.16. The van der Waals surface area contributed by atoms with Crippen molar-refractivity contribution in [3.63, 3.8) is 0 Å². The molecule has 1 rings (SSSR count). The Hall–Kier alpha value is -1.73. The summed E-state index contributed by atoms with van der Waals surface area (Å²) in [6.07, 6.45) is -4.00. The van der Waals surface area contributed by atoms with Crippen molar-refractivity contribution in [2.24, 2.45) is 5.84 Å². The topological polar surface area (TPSA) is 58.4 Å². The van der Waals surface area contributed by atoms with E-state index in [9.17, 15) is 18.0 Å². The molecule has 3 N–H and O–H groups in total. The highest BCUT2D eigenvalue weighted by Gasteiger charge is 2.15. The lowest BCUT2D eigenvalue weighted by molar-refractivity contribution is -0.113. The van der Waals surface area contributed by atoms with Crippen molar-refractivity contribution in [2.45, 2.75) is 26.9 Å². The molecule has 1 aromatic carbocycles. The molecule has 4 nitrogen and oxygen atoms in total. The zero-order chi connectivity index (χ0) is 17.5. The van der Waals surface area contributed by atoms with Gasteiger partial charge in [0.15, 0.2) is 0 Å². The van der Waals surface area contributed by atoms with Crippen LogP contribution >= 0.6 is 11.6 Å². The zero-order valence-electron chi connectivity index (χ0n) is 12.8. The Morgan fingerprint density at radius 2 is 1.68 bits per heavy atom. The Kier molecular flexibility index (Phi) is 7.97. The average Bonchev–Trinajstić information content (AvgIpc) is 2.37. The second-order valence-electron chi connectivity index (χ2n) is 4.63. The van der Waals surface area contributed by atoms with Crippen LogP contribution < -0.4 is 11.2 Å². The first-order chi connectivity index (χ1) is 9.91. The van der Waals surface area contributed by atoms with Gasteiger partial charge in [0.1, 0.15) is 5.16 Å². The van der Waals surface area contributed by atoms with Gasteiger partial charge in [0.05, 0.1) is 5.57 Å². The first-order valence-corrected chi connectivity index (χ1v) is 6.59. The van der Waals surface area contributed by atoms with Crippen LogP contribution in [-0.4, -0.2) is 24.1 Å². The van der Waals surface area contributed by atoms with E-state index in [-0.39, 0.29) is 18.0 Å². The van der Waals surface area contributed by atoms with Crippen molar-refractivity contribution >= 4 is 23.2 Å². The number of carbonyl (C=O) groups is 1. The van der Waals surface area contributed by atoms with Gasteiger partial charge in [-0.1, -0.05) is 29.3 Å². The summed E-state index contributed by atoms with van der Waals surface area (Å²) in [6, 6.07) is 7.51. The van der Waals surface area contributed by atoms with Crippen LogP contribution in [0, 0.1) is 6.92 Å². The number of nitrogens with two attached hydrogens (primary N) is 1. The van der Waals surface area contributed by atoms with E-state index in [1.165, 1.54) is 5.01 Å². The standard InChI is InChI=1S/C12H16ClN3O.C2H3F3/c1-8-4-6-10(7-5-8)15-12(17)9(2)11(13)16(3)14;1-2(3,4)5/h4-7H,14H2,1-3H3,(H,15,17);1H3/b11-9+;. The van der Waals surface area contributed by atoms with Gasteiger partial charge in [-0.25, -0.2) is 5.84 Å². The second kappa shape index (κ2) is 8.65. The van der Waals surface area contributed by atoms with Crippen LogP contribution in [0.2, 0.25) is 0 Å². The molecule has 0 heterocycles. The Morgan fingerprint density at radius 1 is 1.27 bits per heavy atom. The van der Waals surface area contributed by atoms with E-state index in [2.05, 4.69) is 5.32 Å². The Bertz CT molecular complexity index is 519. The van der Waals surface area contributed by atoms with E-state index in [0.29, 0.717) is 5.57 Å². The highest BCUT2D eigenvalue weighted by Crippen LogP contribution is 2.14. The van der Waals surface area contributed by atoms with Crippen molar-refractivity contribution in [3.05, 3.63) is 40.6 Å². The highest BCUT2D eigenvalue weighted by molar-refractivity contribution is 6.31. The van der Waals surface area contributed by atoms with Crippen molar-refractivity contribution in [1.82, 2.24) is 5.01 Å². The van der Waals surface area contributed by atoms with Gasteiger partial charge in [0.2, 0.25) is 0 Å². The van der Waals surface area contributed by atoms with Crippen LogP contribution in [0.5, 0.6) is 0 Å². The minimum atomic E-state index is -4.00. The molecule has 0 bridgehead atoms. The lowest BCUT2D eigenvalue weighted by Gasteiger charge is -2.13. The van der Waals surface area contributed by atoms with Crippen LogP contribution in [0.3, 0.4) is 0 Å². The van der Waals surface area contributed by atoms with E-state index in [4.69, 9.17) is 17.4 Å². The van der Waals surface area contributed by atoms with Crippen LogP contribution in [0.1, 0.15) is 19.4 Å². The maximum Gasteiger partial charge on any atom is 0.386 e. The summed E-state index contributed by atoms with van der Waals surface area (Å²) in [6.45, 7) is 3.79. The highest BCUT2D eigenvalue weighted by atomic mass is 35.5. The van der Waals surface area contributed by atoms with E-state index in [1.54, 1.807) is 14.0 Å². The normalized spacial score (nSPS) is 11.9. The predicted molar refractivity (Wildman–Crippen MR) is 82.0 cm³/mol. The molecule has 124 valence electrons. The van der Waals surface area contributed by atoms with Gasteiger partial charge in [-0.15, -0.1) is 0 Å². The molecule has 0 atom stereocenters. The fourth-order valence-electron chi connectivity index (χ4n) is 1.22. The molecule has 0 saturated carbocycles. The number of nitrogens with one attached hydrogen (secondary N) is 1. The smallest absolute Gasteiger partial charge is 0.322 e. The largest absolute Gasteiger partial charge is 0.386 e. The Balaban J connectivity index is 0.000000763. The number of benzene rings is 1. The molecule has 0 radical (unpaired) electrons. The number of aryl methyl sites for hydroxylation is 1. The molecule has 1 aromatic rings. The molecule has 0 saturated heterocycles.